The highest BCUT2D eigenvalue weighted by Crippen LogP contribution is 2.31. The summed E-state index contributed by atoms with van der Waals surface area (Å²) in [7, 11) is 0. The number of anilines is 1. The largest absolute Gasteiger partial charge is 0.372 e. The van der Waals surface area contributed by atoms with Crippen LogP contribution < -0.4 is 16.0 Å². The molecule has 8 heteroatoms. The van der Waals surface area contributed by atoms with Crippen molar-refractivity contribution >= 4 is 39.9 Å². The predicted octanol–water partition coefficient (Wildman–Crippen LogP) is 5.28. The molecule has 0 bridgehead atoms. The highest BCUT2D eigenvalue weighted by molar-refractivity contribution is 6.36. The van der Waals surface area contributed by atoms with Crippen molar-refractivity contribution in [2.24, 2.45) is 0 Å². The molecular formula is C24H22Cl2N6. The lowest BCUT2D eigenvalue weighted by Gasteiger charge is -2.16. The molecule has 1 aromatic heterocycles. The van der Waals surface area contributed by atoms with Gasteiger partial charge in [-0.2, -0.15) is 5.26 Å². The van der Waals surface area contributed by atoms with Gasteiger partial charge >= 0.3 is 0 Å². The standard InChI is InChI=1S/C24H22Cl2N6/c25-17-8-9-18(20(26)13-17)24-31-21-6-2-1-5-19(21)23(32-24)29-12-4-3-11-28-22-10-7-16(14-27)15-30-22/h1-2,5-10,13,28,30H,3-4,11-12,15H2,(H,29,31,32). The van der Waals surface area contributed by atoms with Crippen molar-refractivity contribution in [3.8, 4) is 17.5 Å². The van der Waals surface area contributed by atoms with Crippen molar-refractivity contribution in [3.05, 3.63) is 76.1 Å². The maximum atomic E-state index is 8.88. The Bertz CT molecular complexity index is 1230. The Labute approximate surface area is 197 Å². The summed E-state index contributed by atoms with van der Waals surface area (Å²) in [5, 5.41) is 21.0. The minimum Gasteiger partial charge on any atom is -0.372 e. The Hall–Kier alpha value is -3.27. The van der Waals surface area contributed by atoms with Crippen molar-refractivity contribution in [2.75, 3.05) is 25.0 Å². The van der Waals surface area contributed by atoms with Crippen LogP contribution in [-0.4, -0.2) is 29.6 Å². The number of hydrogen-bond donors (Lipinski definition) is 3. The van der Waals surface area contributed by atoms with Gasteiger partial charge in [0.15, 0.2) is 5.82 Å². The highest BCUT2D eigenvalue weighted by Gasteiger charge is 2.12. The third-order valence-corrected chi connectivity index (χ3v) is 5.60. The lowest BCUT2D eigenvalue weighted by molar-refractivity contribution is 0.650. The molecule has 0 radical (unpaired) electrons. The van der Waals surface area contributed by atoms with E-state index in [-0.39, 0.29) is 0 Å². The molecule has 0 spiro atoms. The van der Waals surface area contributed by atoms with Crippen molar-refractivity contribution < 1.29 is 0 Å². The molecule has 0 atom stereocenters. The summed E-state index contributed by atoms with van der Waals surface area (Å²) < 4.78 is 0. The van der Waals surface area contributed by atoms with Crippen LogP contribution in [0.3, 0.4) is 0 Å². The third-order valence-electron chi connectivity index (χ3n) is 5.05. The third kappa shape index (κ3) is 5.31. The molecule has 32 heavy (non-hydrogen) atoms. The van der Waals surface area contributed by atoms with Gasteiger partial charge in [0.2, 0.25) is 0 Å². The first-order chi connectivity index (χ1) is 15.6. The van der Waals surface area contributed by atoms with Crippen LogP contribution in [0.15, 0.2) is 66.0 Å². The minimum atomic E-state index is 0.521. The lowest BCUT2D eigenvalue weighted by atomic mass is 10.1. The second kappa shape index (κ2) is 10.4. The van der Waals surface area contributed by atoms with Gasteiger partial charge in [-0.05, 0) is 55.3 Å². The lowest BCUT2D eigenvalue weighted by Crippen LogP contribution is -2.30. The van der Waals surface area contributed by atoms with Gasteiger partial charge < -0.3 is 16.0 Å². The summed E-state index contributed by atoms with van der Waals surface area (Å²) in [6.45, 7) is 2.19. The summed E-state index contributed by atoms with van der Waals surface area (Å²) >= 11 is 12.4. The van der Waals surface area contributed by atoms with Crippen LogP contribution in [0.1, 0.15) is 12.8 Å². The first-order valence-corrected chi connectivity index (χ1v) is 11.1. The molecule has 162 valence electrons. The molecule has 3 aromatic rings. The number of halogens is 2. The molecule has 1 aliphatic heterocycles. The summed E-state index contributed by atoms with van der Waals surface area (Å²) in [6.07, 6.45) is 5.69. The smallest absolute Gasteiger partial charge is 0.163 e. The molecule has 0 saturated carbocycles. The Morgan fingerprint density at radius 3 is 2.56 bits per heavy atom. The maximum absolute atomic E-state index is 8.88. The number of aromatic nitrogens is 2. The summed E-state index contributed by atoms with van der Waals surface area (Å²) in [5.41, 5.74) is 2.33. The fourth-order valence-electron chi connectivity index (χ4n) is 3.37. The number of nitriles is 1. The minimum absolute atomic E-state index is 0.521. The number of rotatable bonds is 8. The Morgan fingerprint density at radius 1 is 1.00 bits per heavy atom. The zero-order valence-electron chi connectivity index (χ0n) is 17.3. The summed E-state index contributed by atoms with van der Waals surface area (Å²) in [6, 6.07) is 15.4. The average molecular weight is 465 g/mol. The number of para-hydroxylation sites is 1. The van der Waals surface area contributed by atoms with Crippen LogP contribution >= 0.6 is 23.2 Å². The monoisotopic (exact) mass is 464 g/mol. The van der Waals surface area contributed by atoms with Crippen LogP contribution in [-0.2, 0) is 0 Å². The van der Waals surface area contributed by atoms with E-state index < -0.39 is 0 Å². The number of allylic oxidation sites excluding steroid dienone is 2. The zero-order valence-corrected chi connectivity index (χ0v) is 18.8. The van der Waals surface area contributed by atoms with E-state index in [1.165, 1.54) is 0 Å². The van der Waals surface area contributed by atoms with Gasteiger partial charge in [0.25, 0.3) is 0 Å². The fourth-order valence-corrected chi connectivity index (χ4v) is 3.87. The fraction of sp³-hybridized carbons (Fsp3) is 0.208. The number of unbranched alkanes of at least 4 members (excludes halogenated alkanes) is 1. The molecule has 4 rings (SSSR count). The van der Waals surface area contributed by atoms with E-state index in [1.807, 2.05) is 42.5 Å². The number of benzene rings is 2. The number of nitrogens with zero attached hydrogens (tertiary/aromatic N) is 3. The van der Waals surface area contributed by atoms with Crippen molar-refractivity contribution in [2.45, 2.75) is 12.8 Å². The van der Waals surface area contributed by atoms with Crippen LogP contribution in [0.25, 0.3) is 22.3 Å². The van der Waals surface area contributed by atoms with Crippen LogP contribution in [0.2, 0.25) is 10.0 Å². The SMILES string of the molecule is N#CC1=CC=C(NCCCCNc2nc(-c3ccc(Cl)cc3Cl)nc3ccccc23)NC1. The van der Waals surface area contributed by atoms with Crippen LogP contribution in [0, 0.1) is 11.3 Å². The van der Waals surface area contributed by atoms with Gasteiger partial charge in [0, 0.05) is 34.6 Å². The van der Waals surface area contributed by atoms with Gasteiger partial charge in [-0.3, -0.25) is 0 Å². The van der Waals surface area contributed by atoms with E-state index in [9.17, 15) is 0 Å². The van der Waals surface area contributed by atoms with Gasteiger partial charge in [-0.25, -0.2) is 9.97 Å². The first kappa shape index (κ1) is 21.9. The van der Waals surface area contributed by atoms with Gasteiger partial charge in [0.1, 0.15) is 5.82 Å². The summed E-state index contributed by atoms with van der Waals surface area (Å²) in [4.78, 5) is 9.44. The van der Waals surface area contributed by atoms with Crippen molar-refractivity contribution in [3.63, 3.8) is 0 Å². The second-order valence-corrected chi connectivity index (χ2v) is 8.18. The molecule has 2 aromatic carbocycles. The number of nitrogens with one attached hydrogen (secondary N) is 3. The van der Waals surface area contributed by atoms with Crippen LogP contribution in [0.5, 0.6) is 0 Å². The molecule has 0 unspecified atom stereocenters. The first-order valence-electron chi connectivity index (χ1n) is 10.4. The normalized spacial score (nSPS) is 13.0. The molecule has 0 fully saturated rings. The molecule has 6 nitrogen and oxygen atoms in total. The van der Waals surface area contributed by atoms with Crippen molar-refractivity contribution in [1.29, 1.82) is 5.26 Å². The van der Waals surface area contributed by atoms with Gasteiger partial charge in [-0.1, -0.05) is 35.3 Å². The second-order valence-electron chi connectivity index (χ2n) is 7.34. The van der Waals surface area contributed by atoms with Gasteiger partial charge in [0.05, 0.1) is 29.0 Å². The molecule has 3 N–H and O–H groups in total. The van der Waals surface area contributed by atoms with E-state index in [4.69, 9.17) is 38.4 Å². The molecule has 0 saturated heterocycles. The van der Waals surface area contributed by atoms with E-state index in [0.29, 0.717) is 22.4 Å². The van der Waals surface area contributed by atoms with E-state index in [2.05, 4.69) is 22.0 Å². The van der Waals surface area contributed by atoms with Gasteiger partial charge in [-0.15, -0.1) is 0 Å². The topological polar surface area (TPSA) is 85.7 Å². The van der Waals surface area contributed by atoms with Crippen molar-refractivity contribution in [1.82, 2.24) is 20.6 Å². The Kier molecular flexibility index (Phi) is 7.10. The predicted molar refractivity (Wildman–Crippen MR) is 131 cm³/mol. The van der Waals surface area contributed by atoms with E-state index in [0.717, 1.165) is 59.6 Å². The van der Waals surface area contributed by atoms with E-state index >= 15 is 0 Å². The molecule has 0 aliphatic carbocycles. The number of hydrogen-bond acceptors (Lipinski definition) is 6. The molecule has 0 amide bonds. The quantitative estimate of drug-likeness (QED) is 0.393. The average Bonchev–Trinajstić information content (AvgIpc) is 2.81. The summed E-state index contributed by atoms with van der Waals surface area (Å²) in [5.74, 6) is 2.30. The van der Waals surface area contributed by atoms with Crippen LogP contribution in [0.4, 0.5) is 5.82 Å². The Morgan fingerprint density at radius 2 is 1.81 bits per heavy atom. The number of dihydropyridines is 1. The molecular weight excluding hydrogens is 443 g/mol. The number of fused-ring (bicyclic) bond motifs is 1. The molecule has 1 aliphatic rings. The van der Waals surface area contributed by atoms with E-state index in [1.54, 1.807) is 12.1 Å². The highest BCUT2D eigenvalue weighted by atomic mass is 35.5. The maximum Gasteiger partial charge on any atom is 0.163 e. The molecule has 2 heterocycles. The Balaban J connectivity index is 1.39. The zero-order chi connectivity index (χ0) is 22.3.